The molecule has 1 heterocycles. The molecule has 1 atom stereocenters. The van der Waals surface area contributed by atoms with Gasteiger partial charge in [0.2, 0.25) is 5.89 Å². The Morgan fingerprint density at radius 1 is 1.43 bits per heavy atom. The van der Waals surface area contributed by atoms with Crippen LogP contribution in [-0.2, 0) is 21.3 Å². The van der Waals surface area contributed by atoms with Crippen molar-refractivity contribution in [2.75, 3.05) is 6.73 Å². The molecule has 1 unspecified atom stereocenters. The highest BCUT2D eigenvalue weighted by atomic mass is 35.5. The van der Waals surface area contributed by atoms with Gasteiger partial charge >= 0.3 is 7.23 Å². The van der Waals surface area contributed by atoms with E-state index in [-0.39, 0.29) is 12.5 Å². The fourth-order valence-electron chi connectivity index (χ4n) is 1.46. The number of hydrogen-bond acceptors (Lipinski definition) is 7. The number of benzene rings is 1. The third-order valence-corrected chi connectivity index (χ3v) is 5.22. The first kappa shape index (κ1) is 16.7. The van der Waals surface area contributed by atoms with Crippen LogP contribution >= 0.6 is 41.8 Å². The molecule has 0 radical (unpaired) electrons. The largest absolute Gasteiger partial charge is 0.587 e. The molecule has 2 aromatic rings. The number of nitrogens with two attached hydrogens (primary N) is 1. The second-order valence-electron chi connectivity index (χ2n) is 3.81. The van der Waals surface area contributed by atoms with Crippen molar-refractivity contribution in [3.63, 3.8) is 0 Å². The van der Waals surface area contributed by atoms with Gasteiger partial charge in [-0.2, -0.15) is 4.98 Å². The molecule has 0 aliphatic rings. The molecule has 10 heteroatoms. The fourth-order valence-corrected chi connectivity index (χ4v) is 3.52. The van der Waals surface area contributed by atoms with Crippen LogP contribution in [0.3, 0.4) is 0 Å². The molecule has 2 rings (SSSR count). The first-order valence-electron chi connectivity index (χ1n) is 5.77. The number of rotatable bonds is 7. The maximum atomic E-state index is 11.3. The summed E-state index contributed by atoms with van der Waals surface area (Å²) >= 11 is 13.0. The monoisotopic (exact) mass is 366 g/mol. The van der Waals surface area contributed by atoms with Crippen LogP contribution in [0.4, 0.5) is 0 Å². The molecule has 0 saturated heterocycles. The van der Waals surface area contributed by atoms with Crippen LogP contribution in [0.2, 0.25) is 10.0 Å². The zero-order chi connectivity index (χ0) is 15.2. The molecule has 0 fully saturated rings. The molecule has 1 aromatic carbocycles. The Kier molecular flexibility index (Phi) is 6.41. The topological polar surface area (TPSA) is 91.2 Å². The lowest BCUT2D eigenvalue weighted by atomic mass is 10.1. The van der Waals surface area contributed by atoms with Crippen LogP contribution in [0, 0.1) is 0 Å². The van der Waals surface area contributed by atoms with E-state index in [1.165, 1.54) is 0 Å². The molecule has 0 aliphatic heterocycles. The Hall–Kier alpha value is -0.690. The van der Waals surface area contributed by atoms with E-state index in [9.17, 15) is 4.57 Å². The molecule has 2 N–H and O–H groups in total. The summed E-state index contributed by atoms with van der Waals surface area (Å²) in [4.78, 5) is 4.20. The predicted molar refractivity (Wildman–Crippen MR) is 82.6 cm³/mol. The zero-order valence-corrected chi connectivity index (χ0v) is 13.9. The van der Waals surface area contributed by atoms with Crippen LogP contribution in [0.15, 0.2) is 22.7 Å². The van der Waals surface area contributed by atoms with Crippen molar-refractivity contribution in [3.8, 4) is 0 Å². The summed E-state index contributed by atoms with van der Waals surface area (Å²) in [6.07, 6.45) is 0.426. The maximum absolute atomic E-state index is 11.3. The molecule has 1 aromatic heterocycles. The van der Waals surface area contributed by atoms with E-state index >= 15 is 0 Å². The van der Waals surface area contributed by atoms with Crippen molar-refractivity contribution in [2.24, 2.45) is 5.73 Å². The van der Waals surface area contributed by atoms with E-state index in [1.54, 1.807) is 18.2 Å². The van der Waals surface area contributed by atoms with Crippen LogP contribution in [0.25, 0.3) is 0 Å². The first-order chi connectivity index (χ1) is 10.1. The molecule has 21 heavy (non-hydrogen) atoms. The summed E-state index contributed by atoms with van der Waals surface area (Å²) in [7, 11) is -1.87. The quantitative estimate of drug-likeness (QED) is 0.588. The summed E-state index contributed by atoms with van der Waals surface area (Å²) in [6.45, 7) is -0.0909. The molecule has 0 aliphatic carbocycles. The average molecular weight is 367 g/mol. The van der Waals surface area contributed by atoms with Crippen molar-refractivity contribution in [2.45, 2.75) is 12.2 Å². The molecule has 112 valence electrons. The van der Waals surface area contributed by atoms with Gasteiger partial charge in [0.15, 0.2) is 23.9 Å². The summed E-state index contributed by atoms with van der Waals surface area (Å²) < 4.78 is 21.1. The van der Waals surface area contributed by atoms with E-state index in [0.717, 1.165) is 16.9 Å². The first-order valence-corrected chi connectivity index (χ1v) is 9.29. The SMILES string of the molecule is NCO[P+](=O)SCc1nc(Cc2ccc(Cl)cc2Cl)no1. The van der Waals surface area contributed by atoms with Crippen molar-refractivity contribution >= 4 is 41.8 Å². The van der Waals surface area contributed by atoms with Crippen molar-refractivity contribution in [1.82, 2.24) is 10.1 Å². The molecule has 0 spiro atoms. The number of aromatic nitrogens is 2. The summed E-state index contributed by atoms with van der Waals surface area (Å²) in [5, 5.41) is 4.96. The Morgan fingerprint density at radius 2 is 2.24 bits per heavy atom. The van der Waals surface area contributed by atoms with Crippen LogP contribution in [0.1, 0.15) is 17.3 Å². The van der Waals surface area contributed by atoms with Crippen molar-refractivity contribution in [3.05, 3.63) is 45.5 Å². The number of nitrogens with zero attached hydrogens (tertiary/aromatic N) is 2. The third-order valence-electron chi connectivity index (χ3n) is 2.35. The highest BCUT2D eigenvalue weighted by Crippen LogP contribution is 2.40. The normalized spacial score (nSPS) is 11.7. The Bertz CT molecular complexity index is 641. The highest BCUT2D eigenvalue weighted by molar-refractivity contribution is 8.49. The molecule has 0 saturated carbocycles. The molecular formula is C11H11Cl2N3O3PS+. The number of hydrogen-bond donors (Lipinski definition) is 1. The third kappa shape index (κ3) is 5.21. The smallest absolute Gasteiger partial charge is 0.338 e. The zero-order valence-electron chi connectivity index (χ0n) is 10.7. The predicted octanol–water partition coefficient (Wildman–Crippen LogP) is 3.79. The van der Waals surface area contributed by atoms with Gasteiger partial charge in [-0.05, 0) is 22.3 Å². The van der Waals surface area contributed by atoms with Gasteiger partial charge < -0.3 is 10.3 Å². The van der Waals surface area contributed by atoms with Gasteiger partial charge in [0, 0.05) is 16.5 Å². The summed E-state index contributed by atoms with van der Waals surface area (Å²) in [5.74, 6) is 1.14. The van der Waals surface area contributed by atoms with Crippen LogP contribution < -0.4 is 5.73 Å². The van der Waals surface area contributed by atoms with Gasteiger partial charge in [-0.3, -0.25) is 0 Å². The lowest BCUT2D eigenvalue weighted by Gasteiger charge is -2.00. The van der Waals surface area contributed by atoms with Gasteiger partial charge in [-0.1, -0.05) is 34.4 Å². The minimum Gasteiger partial charge on any atom is -0.338 e. The van der Waals surface area contributed by atoms with E-state index in [4.69, 9.17) is 38.0 Å². The maximum Gasteiger partial charge on any atom is 0.587 e. The lowest BCUT2D eigenvalue weighted by molar-refractivity contribution is 0.351. The van der Waals surface area contributed by atoms with E-state index in [0.29, 0.717) is 28.2 Å². The standard InChI is InChI=1S/C11H11Cl2N3O3PS/c12-8-2-1-7(9(13)4-8)3-10-15-11(19-16-10)5-21-20(17)18-6-14/h1-2,4H,3,5-6,14H2/q+1. The number of halogens is 2. The van der Waals surface area contributed by atoms with Gasteiger partial charge in [0.05, 0.1) is 0 Å². The second kappa shape index (κ2) is 8.08. The molecule has 0 amide bonds. The molecule has 6 nitrogen and oxygen atoms in total. The van der Waals surface area contributed by atoms with Crippen LogP contribution in [0.5, 0.6) is 0 Å². The highest BCUT2D eigenvalue weighted by Gasteiger charge is 2.21. The van der Waals surface area contributed by atoms with Crippen molar-refractivity contribution in [1.29, 1.82) is 0 Å². The van der Waals surface area contributed by atoms with E-state index in [2.05, 4.69) is 10.1 Å². The average Bonchev–Trinajstić information content (AvgIpc) is 2.88. The van der Waals surface area contributed by atoms with Gasteiger partial charge in [-0.25, -0.2) is 0 Å². The molecule has 0 bridgehead atoms. The fraction of sp³-hybridized carbons (Fsp3) is 0.273. The summed E-state index contributed by atoms with van der Waals surface area (Å²) in [5.41, 5.74) is 5.97. The Labute approximate surface area is 135 Å². The second-order valence-corrected chi connectivity index (χ2v) is 7.57. The van der Waals surface area contributed by atoms with E-state index < -0.39 is 7.23 Å². The minimum atomic E-state index is -1.87. The van der Waals surface area contributed by atoms with Crippen molar-refractivity contribution < 1.29 is 13.6 Å². The van der Waals surface area contributed by atoms with Gasteiger partial charge in [0.25, 0.3) is 0 Å². The Balaban J connectivity index is 1.95. The van der Waals surface area contributed by atoms with Crippen LogP contribution in [-0.4, -0.2) is 16.9 Å². The van der Waals surface area contributed by atoms with Gasteiger partial charge in [0.1, 0.15) is 5.75 Å². The summed E-state index contributed by atoms with van der Waals surface area (Å²) in [6, 6.07) is 5.21. The lowest BCUT2D eigenvalue weighted by Crippen LogP contribution is -1.97. The minimum absolute atomic E-state index is 0.0909. The van der Waals surface area contributed by atoms with E-state index in [1.807, 2.05) is 0 Å². The Morgan fingerprint density at radius 3 is 2.95 bits per heavy atom. The van der Waals surface area contributed by atoms with Gasteiger partial charge in [-0.15, -0.1) is 4.52 Å². The molecular weight excluding hydrogens is 356 g/mol.